The van der Waals surface area contributed by atoms with Gasteiger partial charge in [-0.25, -0.2) is 14.8 Å². The van der Waals surface area contributed by atoms with E-state index in [0.29, 0.717) is 42.2 Å². The molecule has 0 spiro atoms. The van der Waals surface area contributed by atoms with Gasteiger partial charge in [0.15, 0.2) is 0 Å². The van der Waals surface area contributed by atoms with Gasteiger partial charge in [0.05, 0.1) is 22.6 Å². The monoisotopic (exact) mass is 446 g/mol. The number of amides is 1. The third-order valence-electron chi connectivity index (χ3n) is 6.18. The summed E-state index contributed by atoms with van der Waals surface area (Å²) in [6.45, 7) is 1.11. The van der Waals surface area contributed by atoms with Crippen LogP contribution in [0.25, 0.3) is 21.9 Å². The number of fused-ring (bicyclic) bond motifs is 2. The standard InChI is InChI=1S/C23H22N6O4/c30-19(9-13-28-14-25-18-6-2-1-4-16(18)21(28)31)27-11-7-15(8-12-27)29-22(32)17-5-3-10-24-20(17)26-23(29)33/h1-6,10,14-15H,7-9,11-13H2,(H,24,26,33). The van der Waals surface area contributed by atoms with Gasteiger partial charge in [0.25, 0.3) is 11.1 Å². The van der Waals surface area contributed by atoms with Crippen molar-refractivity contribution >= 4 is 27.8 Å². The van der Waals surface area contributed by atoms with E-state index in [1.165, 1.54) is 21.7 Å². The van der Waals surface area contributed by atoms with Crippen LogP contribution >= 0.6 is 0 Å². The lowest BCUT2D eigenvalue weighted by molar-refractivity contribution is -0.132. The fourth-order valence-corrected chi connectivity index (χ4v) is 4.41. The Labute approximate surface area is 187 Å². The summed E-state index contributed by atoms with van der Waals surface area (Å²) in [6, 6.07) is 10.1. The number of hydrogen-bond acceptors (Lipinski definition) is 6. The highest BCUT2D eigenvalue weighted by molar-refractivity contribution is 5.78. The van der Waals surface area contributed by atoms with Gasteiger partial charge < -0.3 is 4.90 Å². The topological polar surface area (TPSA) is 123 Å². The molecular weight excluding hydrogens is 424 g/mol. The van der Waals surface area contributed by atoms with Crippen molar-refractivity contribution in [1.29, 1.82) is 0 Å². The summed E-state index contributed by atoms with van der Waals surface area (Å²) in [6.07, 6.45) is 4.16. The summed E-state index contributed by atoms with van der Waals surface area (Å²) in [5, 5.41) is 0.888. The molecular formula is C23H22N6O4. The molecule has 4 aromatic rings. The number of aromatic nitrogens is 5. The van der Waals surface area contributed by atoms with Crippen LogP contribution in [0.5, 0.6) is 0 Å². The molecule has 10 nitrogen and oxygen atoms in total. The molecule has 1 amide bonds. The zero-order chi connectivity index (χ0) is 22.9. The average molecular weight is 446 g/mol. The number of hydrogen-bond donors (Lipinski definition) is 1. The molecule has 10 heteroatoms. The normalized spacial score (nSPS) is 14.7. The van der Waals surface area contributed by atoms with Gasteiger partial charge >= 0.3 is 5.69 Å². The van der Waals surface area contributed by atoms with E-state index < -0.39 is 5.69 Å². The first-order valence-corrected chi connectivity index (χ1v) is 10.8. The van der Waals surface area contributed by atoms with E-state index in [-0.39, 0.29) is 41.7 Å². The second kappa shape index (κ2) is 8.45. The fraction of sp³-hybridized carbons (Fsp3) is 0.304. The van der Waals surface area contributed by atoms with E-state index in [9.17, 15) is 19.2 Å². The number of para-hydroxylation sites is 1. The lowest BCUT2D eigenvalue weighted by Gasteiger charge is -2.32. The average Bonchev–Trinajstić information content (AvgIpc) is 2.84. The lowest BCUT2D eigenvalue weighted by Crippen LogP contribution is -2.45. The second-order valence-electron chi connectivity index (χ2n) is 8.13. The van der Waals surface area contributed by atoms with Crippen LogP contribution in [0.3, 0.4) is 0 Å². The number of piperidine rings is 1. The molecule has 1 N–H and O–H groups in total. The molecule has 0 aliphatic carbocycles. The van der Waals surface area contributed by atoms with Crippen molar-refractivity contribution in [3.05, 3.63) is 80.1 Å². The van der Waals surface area contributed by atoms with Crippen LogP contribution in [0.1, 0.15) is 25.3 Å². The number of pyridine rings is 1. The predicted molar refractivity (Wildman–Crippen MR) is 122 cm³/mol. The number of nitrogens with one attached hydrogen (secondary N) is 1. The quantitative estimate of drug-likeness (QED) is 0.500. The molecule has 1 aliphatic heterocycles. The first kappa shape index (κ1) is 20.8. The predicted octanol–water partition coefficient (Wildman–Crippen LogP) is 1.05. The Morgan fingerprint density at radius 2 is 1.73 bits per heavy atom. The third-order valence-corrected chi connectivity index (χ3v) is 6.18. The summed E-state index contributed by atoms with van der Waals surface area (Å²) >= 11 is 0. The maximum Gasteiger partial charge on any atom is 0.330 e. The Morgan fingerprint density at radius 3 is 2.55 bits per heavy atom. The lowest BCUT2D eigenvalue weighted by atomic mass is 10.0. The van der Waals surface area contributed by atoms with Crippen molar-refractivity contribution in [2.45, 2.75) is 31.8 Å². The van der Waals surface area contributed by atoms with E-state index >= 15 is 0 Å². The van der Waals surface area contributed by atoms with Gasteiger partial charge in [0, 0.05) is 38.3 Å². The summed E-state index contributed by atoms with van der Waals surface area (Å²) in [5.41, 5.74) is -0.123. The zero-order valence-corrected chi connectivity index (χ0v) is 17.8. The molecule has 0 saturated carbocycles. The van der Waals surface area contributed by atoms with Crippen LogP contribution in [-0.2, 0) is 11.3 Å². The van der Waals surface area contributed by atoms with Gasteiger partial charge in [-0.1, -0.05) is 12.1 Å². The van der Waals surface area contributed by atoms with E-state index in [1.54, 1.807) is 35.2 Å². The Bertz CT molecular complexity index is 1530. The minimum atomic E-state index is -0.487. The van der Waals surface area contributed by atoms with Crippen LogP contribution in [0.2, 0.25) is 0 Å². The van der Waals surface area contributed by atoms with Crippen molar-refractivity contribution in [2.24, 2.45) is 0 Å². The van der Waals surface area contributed by atoms with Crippen LogP contribution < -0.4 is 16.8 Å². The molecule has 3 aromatic heterocycles. The SMILES string of the molecule is O=C(CCn1cnc2ccccc2c1=O)N1CCC(n2c(=O)[nH]c3ncccc3c2=O)CC1. The number of H-pyrrole nitrogens is 1. The molecule has 33 heavy (non-hydrogen) atoms. The molecule has 168 valence electrons. The number of aryl methyl sites for hydroxylation is 1. The first-order chi connectivity index (χ1) is 16.0. The third kappa shape index (κ3) is 3.84. The molecule has 0 atom stereocenters. The molecule has 1 aliphatic rings. The van der Waals surface area contributed by atoms with E-state index in [1.807, 2.05) is 6.07 Å². The second-order valence-corrected chi connectivity index (χ2v) is 8.13. The highest BCUT2D eigenvalue weighted by Gasteiger charge is 2.26. The molecule has 0 unspecified atom stereocenters. The molecule has 1 aromatic carbocycles. The fourth-order valence-electron chi connectivity index (χ4n) is 4.41. The first-order valence-electron chi connectivity index (χ1n) is 10.8. The van der Waals surface area contributed by atoms with Crippen molar-refractivity contribution in [1.82, 2.24) is 29.0 Å². The summed E-state index contributed by atoms with van der Waals surface area (Å²) in [5.74, 6) is -0.0718. The number of aromatic amines is 1. The van der Waals surface area contributed by atoms with Gasteiger partial charge in [0.2, 0.25) is 5.91 Å². The van der Waals surface area contributed by atoms with Crippen molar-refractivity contribution in [3.63, 3.8) is 0 Å². The van der Waals surface area contributed by atoms with Gasteiger partial charge in [-0.05, 0) is 37.1 Å². The highest BCUT2D eigenvalue weighted by atomic mass is 16.2. The summed E-state index contributed by atoms with van der Waals surface area (Å²) in [7, 11) is 0. The van der Waals surface area contributed by atoms with Gasteiger partial charge in [-0.3, -0.25) is 28.5 Å². The maximum atomic E-state index is 12.8. The maximum absolute atomic E-state index is 12.8. The van der Waals surface area contributed by atoms with Crippen LogP contribution in [0, 0.1) is 0 Å². The van der Waals surface area contributed by atoms with Crippen molar-refractivity contribution in [3.8, 4) is 0 Å². The van der Waals surface area contributed by atoms with Gasteiger partial charge in [-0.2, -0.15) is 0 Å². The minimum Gasteiger partial charge on any atom is -0.342 e. The molecule has 5 rings (SSSR count). The van der Waals surface area contributed by atoms with Crippen LogP contribution in [-0.4, -0.2) is 48.0 Å². The number of rotatable bonds is 4. The minimum absolute atomic E-state index is 0.0718. The van der Waals surface area contributed by atoms with Gasteiger partial charge in [0.1, 0.15) is 5.65 Å². The highest BCUT2D eigenvalue weighted by Crippen LogP contribution is 2.21. The van der Waals surface area contributed by atoms with Crippen LogP contribution in [0.4, 0.5) is 0 Å². The Kier molecular flexibility index (Phi) is 5.33. The summed E-state index contributed by atoms with van der Waals surface area (Å²) < 4.78 is 2.70. The van der Waals surface area contributed by atoms with Crippen molar-refractivity contribution in [2.75, 3.05) is 13.1 Å². The Morgan fingerprint density at radius 1 is 0.970 bits per heavy atom. The molecule has 1 saturated heterocycles. The molecule has 1 fully saturated rings. The number of carbonyl (C=O) groups is 1. The number of benzene rings is 1. The van der Waals surface area contributed by atoms with Gasteiger partial charge in [-0.15, -0.1) is 0 Å². The molecule has 0 radical (unpaired) electrons. The van der Waals surface area contributed by atoms with Crippen molar-refractivity contribution < 1.29 is 4.79 Å². The largest absolute Gasteiger partial charge is 0.342 e. The zero-order valence-electron chi connectivity index (χ0n) is 17.8. The molecule has 4 heterocycles. The van der Waals surface area contributed by atoms with Crippen LogP contribution in [0.15, 0.2) is 63.3 Å². The molecule has 0 bridgehead atoms. The smallest absolute Gasteiger partial charge is 0.330 e. The number of carbonyl (C=O) groups excluding carboxylic acids is 1. The summed E-state index contributed by atoms with van der Waals surface area (Å²) in [4.78, 5) is 63.4. The Balaban J connectivity index is 1.25. The van der Waals surface area contributed by atoms with E-state index in [2.05, 4.69) is 15.0 Å². The number of nitrogens with zero attached hydrogens (tertiary/aromatic N) is 5. The van der Waals surface area contributed by atoms with E-state index in [0.717, 1.165) is 0 Å². The number of likely N-dealkylation sites (tertiary alicyclic amines) is 1. The Hall–Kier alpha value is -4.08. The van der Waals surface area contributed by atoms with E-state index in [4.69, 9.17) is 0 Å².